The van der Waals surface area contributed by atoms with Crippen LogP contribution in [0, 0.1) is 11.6 Å². The number of aromatic nitrogens is 1. The Morgan fingerprint density at radius 1 is 1.16 bits per heavy atom. The van der Waals surface area contributed by atoms with Crippen LogP contribution < -0.4 is 20.3 Å². The van der Waals surface area contributed by atoms with Crippen LogP contribution in [0.25, 0.3) is 11.1 Å². The van der Waals surface area contributed by atoms with Crippen molar-refractivity contribution in [3.05, 3.63) is 52.8 Å². The number of nitrogens with one attached hydrogen (secondary N) is 2. The van der Waals surface area contributed by atoms with Crippen molar-refractivity contribution in [2.45, 2.75) is 12.1 Å². The summed E-state index contributed by atoms with van der Waals surface area (Å²) in [5, 5.41) is 4.71. The number of anilines is 1. The van der Waals surface area contributed by atoms with Gasteiger partial charge in [0.15, 0.2) is 34.3 Å². The summed E-state index contributed by atoms with van der Waals surface area (Å²) in [4.78, 5) is 45.8. The van der Waals surface area contributed by atoms with E-state index in [1.165, 1.54) is 24.1 Å². The predicted molar refractivity (Wildman–Crippen MR) is 123 cm³/mol. The van der Waals surface area contributed by atoms with E-state index in [4.69, 9.17) is 13.9 Å². The minimum atomic E-state index is -1.84. The maximum absolute atomic E-state index is 14.9. The van der Waals surface area contributed by atoms with Gasteiger partial charge in [0.05, 0.1) is 32.4 Å². The highest BCUT2D eigenvalue weighted by Crippen LogP contribution is 2.36. The molecular formula is C24H21F2N5O6. The van der Waals surface area contributed by atoms with Gasteiger partial charge in [-0.25, -0.2) is 18.6 Å². The van der Waals surface area contributed by atoms with Gasteiger partial charge >= 0.3 is 6.03 Å². The van der Waals surface area contributed by atoms with Crippen molar-refractivity contribution in [1.82, 2.24) is 20.5 Å². The molecule has 3 aliphatic heterocycles. The van der Waals surface area contributed by atoms with Gasteiger partial charge in [-0.1, -0.05) is 6.07 Å². The number of hydrogen-bond donors (Lipinski definition) is 2. The molecule has 6 rings (SSSR count). The molecule has 37 heavy (non-hydrogen) atoms. The molecule has 2 saturated heterocycles. The number of carbonyl (C=O) groups is 3. The smallest absolute Gasteiger partial charge is 0.322 e. The summed E-state index contributed by atoms with van der Waals surface area (Å²) in [5.74, 6) is -2.87. The molecule has 1 aromatic carbocycles. The van der Waals surface area contributed by atoms with Crippen molar-refractivity contribution in [1.29, 1.82) is 0 Å². The summed E-state index contributed by atoms with van der Waals surface area (Å²) in [5.41, 5.74) is -1.27. The Morgan fingerprint density at radius 2 is 1.95 bits per heavy atom. The molecule has 3 aromatic rings. The van der Waals surface area contributed by atoms with Crippen molar-refractivity contribution >= 4 is 34.8 Å². The number of morpholine rings is 1. The third-order valence-corrected chi connectivity index (χ3v) is 6.81. The second-order valence-corrected chi connectivity index (χ2v) is 8.98. The molecule has 0 bridgehead atoms. The molecule has 2 N–H and O–H groups in total. The Morgan fingerprint density at radius 3 is 2.65 bits per heavy atom. The van der Waals surface area contributed by atoms with Crippen LogP contribution in [-0.2, 0) is 21.6 Å². The van der Waals surface area contributed by atoms with Gasteiger partial charge in [0.1, 0.15) is 11.3 Å². The second kappa shape index (κ2) is 8.40. The quantitative estimate of drug-likeness (QED) is 0.494. The van der Waals surface area contributed by atoms with Crippen LogP contribution in [0.4, 0.5) is 19.4 Å². The third-order valence-electron chi connectivity index (χ3n) is 6.81. The number of nitrogens with zero attached hydrogens (tertiary/aromatic N) is 3. The van der Waals surface area contributed by atoms with Gasteiger partial charge in [0.25, 0.3) is 11.8 Å². The number of fused-ring (bicyclic) bond motifs is 2. The molecule has 2 aromatic heterocycles. The highest BCUT2D eigenvalue weighted by molar-refractivity contribution is 6.08. The molecule has 1 atom stereocenters. The largest absolute Gasteiger partial charge is 0.494 e. The number of amides is 4. The number of furan rings is 1. The Hall–Kier alpha value is -4.26. The van der Waals surface area contributed by atoms with Crippen LogP contribution in [0.1, 0.15) is 21.7 Å². The third kappa shape index (κ3) is 3.56. The fourth-order valence-corrected chi connectivity index (χ4v) is 4.96. The topological polar surface area (TPSA) is 126 Å². The standard InChI is InChI=1S/C24H21F2N5O6/c1-35-15-3-2-12-10-31(21(32)18(12)19(15)26)11-24(22(33)28-23(34)29-24)17-9-14-16(37-17)8-13(25)20(27-14)30-4-6-36-7-5-30/h2-3,8-9H,4-7,10-11H2,1H3,(H2,28,29,33,34)/t24-/m0/s1. The second-order valence-electron chi connectivity index (χ2n) is 8.98. The van der Waals surface area contributed by atoms with Crippen LogP contribution in [0.5, 0.6) is 5.75 Å². The van der Waals surface area contributed by atoms with Crippen molar-refractivity contribution < 1.29 is 37.1 Å². The molecule has 192 valence electrons. The lowest BCUT2D eigenvalue weighted by Crippen LogP contribution is -2.52. The molecule has 0 radical (unpaired) electrons. The first-order chi connectivity index (χ1) is 17.8. The van der Waals surface area contributed by atoms with E-state index in [-0.39, 0.29) is 47.1 Å². The summed E-state index contributed by atoms with van der Waals surface area (Å²) in [6.45, 7) is 1.42. The van der Waals surface area contributed by atoms with Crippen LogP contribution in [0.15, 0.2) is 28.7 Å². The van der Waals surface area contributed by atoms with E-state index in [0.717, 1.165) is 6.07 Å². The zero-order chi connectivity index (χ0) is 25.9. The summed E-state index contributed by atoms with van der Waals surface area (Å²) in [6.07, 6.45) is 0. The molecule has 13 heteroatoms. The number of ether oxygens (including phenoxy) is 2. The highest BCUT2D eigenvalue weighted by atomic mass is 19.1. The number of hydrogen-bond acceptors (Lipinski definition) is 8. The monoisotopic (exact) mass is 513 g/mol. The van der Waals surface area contributed by atoms with E-state index in [1.807, 2.05) is 0 Å². The number of methoxy groups -OCH3 is 1. The first kappa shape index (κ1) is 23.2. The molecule has 2 fully saturated rings. The average Bonchev–Trinajstić information content (AvgIpc) is 3.53. The molecular weight excluding hydrogens is 492 g/mol. The Kier molecular flexibility index (Phi) is 5.26. The fraction of sp³-hybridized carbons (Fsp3) is 0.333. The van der Waals surface area contributed by atoms with Gasteiger partial charge in [-0.05, 0) is 11.6 Å². The SMILES string of the molecule is COc1ccc2c(c1F)C(=O)N(C[C@@]1(c3cc4nc(N5CCOCC5)c(F)cc4o3)NC(=O)NC1=O)C2. The van der Waals surface area contributed by atoms with Crippen LogP contribution in [0.3, 0.4) is 0 Å². The van der Waals surface area contributed by atoms with Crippen LogP contribution in [-0.4, -0.2) is 67.7 Å². The summed E-state index contributed by atoms with van der Waals surface area (Å²) >= 11 is 0. The maximum Gasteiger partial charge on any atom is 0.322 e. The maximum atomic E-state index is 14.9. The minimum absolute atomic E-state index is 0.00569. The molecule has 11 nitrogen and oxygen atoms in total. The van der Waals surface area contributed by atoms with E-state index in [0.29, 0.717) is 31.9 Å². The normalized spacial score (nSPS) is 21.4. The fourth-order valence-electron chi connectivity index (χ4n) is 4.96. The van der Waals surface area contributed by atoms with Gasteiger partial charge < -0.3 is 29.0 Å². The molecule has 0 saturated carbocycles. The highest BCUT2D eigenvalue weighted by Gasteiger charge is 2.53. The van der Waals surface area contributed by atoms with E-state index >= 15 is 0 Å². The van der Waals surface area contributed by atoms with Gasteiger partial charge in [-0.2, -0.15) is 0 Å². The minimum Gasteiger partial charge on any atom is -0.494 e. The van der Waals surface area contributed by atoms with Crippen molar-refractivity contribution in [2.24, 2.45) is 0 Å². The molecule has 4 amide bonds. The van der Waals surface area contributed by atoms with Gasteiger partial charge in [0.2, 0.25) is 0 Å². The van der Waals surface area contributed by atoms with Gasteiger partial charge in [-0.3, -0.25) is 14.9 Å². The summed E-state index contributed by atoms with van der Waals surface area (Å²) < 4.78 is 45.9. The lowest BCUT2D eigenvalue weighted by Gasteiger charge is -2.28. The van der Waals surface area contributed by atoms with Crippen LogP contribution in [0.2, 0.25) is 0 Å². The van der Waals surface area contributed by atoms with E-state index in [9.17, 15) is 23.2 Å². The number of pyridine rings is 1. The average molecular weight is 513 g/mol. The van der Waals surface area contributed by atoms with Gasteiger partial charge in [0, 0.05) is 31.8 Å². The predicted octanol–water partition coefficient (Wildman–Crippen LogP) is 1.64. The first-order valence-electron chi connectivity index (χ1n) is 11.5. The molecule has 0 aliphatic carbocycles. The molecule has 0 spiro atoms. The lowest BCUT2D eigenvalue weighted by molar-refractivity contribution is -0.125. The zero-order valence-corrected chi connectivity index (χ0v) is 19.6. The number of imide groups is 1. The van der Waals surface area contributed by atoms with E-state index in [1.54, 1.807) is 11.0 Å². The lowest BCUT2D eigenvalue weighted by atomic mass is 9.95. The summed E-state index contributed by atoms with van der Waals surface area (Å²) in [7, 11) is 1.29. The Balaban J connectivity index is 1.38. The number of halogens is 2. The van der Waals surface area contributed by atoms with Crippen LogP contribution >= 0.6 is 0 Å². The number of urea groups is 1. The van der Waals surface area contributed by atoms with E-state index in [2.05, 4.69) is 15.6 Å². The van der Waals surface area contributed by atoms with E-state index < -0.39 is 35.0 Å². The van der Waals surface area contributed by atoms with Crippen molar-refractivity contribution in [3.63, 3.8) is 0 Å². The first-order valence-corrected chi connectivity index (χ1v) is 11.5. The molecule has 0 unspecified atom stereocenters. The molecule has 5 heterocycles. The zero-order valence-electron chi connectivity index (χ0n) is 19.6. The Bertz CT molecular complexity index is 1470. The number of benzene rings is 1. The van der Waals surface area contributed by atoms with Gasteiger partial charge in [-0.15, -0.1) is 0 Å². The summed E-state index contributed by atoms with van der Waals surface area (Å²) in [6, 6.07) is 4.78. The molecule has 3 aliphatic rings. The van der Waals surface area contributed by atoms with Crippen molar-refractivity contribution in [2.75, 3.05) is 44.9 Å². The Labute approximate surface area is 208 Å². The number of rotatable bonds is 5. The number of carbonyl (C=O) groups excluding carboxylic acids is 3. The van der Waals surface area contributed by atoms with Crippen molar-refractivity contribution in [3.8, 4) is 5.75 Å².